The van der Waals surface area contributed by atoms with Crippen molar-refractivity contribution in [3.8, 4) is 0 Å². The number of hydrogen-bond acceptors (Lipinski definition) is 5. The van der Waals surface area contributed by atoms with Gasteiger partial charge in [-0.2, -0.15) is 0 Å². The van der Waals surface area contributed by atoms with Crippen molar-refractivity contribution in [2.75, 3.05) is 4.90 Å². The van der Waals surface area contributed by atoms with Crippen LogP contribution in [-0.2, 0) is 22.6 Å². The highest BCUT2D eigenvalue weighted by molar-refractivity contribution is 6.01. The maximum Gasteiger partial charge on any atom is 0.249 e. The summed E-state index contributed by atoms with van der Waals surface area (Å²) in [6.07, 6.45) is 4.88. The van der Waals surface area contributed by atoms with Gasteiger partial charge in [0.25, 0.3) is 0 Å². The predicted octanol–water partition coefficient (Wildman–Crippen LogP) is 4.47. The first-order chi connectivity index (χ1) is 17.3. The molecule has 4 rings (SSSR count). The van der Waals surface area contributed by atoms with Gasteiger partial charge in [0.05, 0.1) is 5.52 Å². The fraction of sp³-hybridized carbons (Fsp3) is 0.321. The number of carbonyl (C=O) groups excluding carboxylic acids is 2. The molecule has 1 atom stereocenters. The fourth-order valence-corrected chi connectivity index (χ4v) is 4.02. The number of nitrogens with one attached hydrogen (secondary N) is 1. The Morgan fingerprint density at radius 1 is 1.00 bits per heavy atom. The van der Waals surface area contributed by atoms with E-state index in [0.29, 0.717) is 16.8 Å². The van der Waals surface area contributed by atoms with E-state index in [2.05, 4.69) is 27.5 Å². The van der Waals surface area contributed by atoms with Crippen LogP contribution < -0.4 is 10.2 Å². The predicted molar refractivity (Wildman–Crippen MR) is 140 cm³/mol. The molecular weight excluding hydrogens is 452 g/mol. The number of pyridine rings is 1. The number of para-hydroxylation sites is 1. The van der Waals surface area contributed by atoms with E-state index in [1.807, 2.05) is 69.3 Å². The van der Waals surface area contributed by atoms with Crippen molar-refractivity contribution in [2.45, 2.75) is 58.7 Å². The van der Waals surface area contributed by atoms with E-state index in [-0.39, 0.29) is 18.4 Å². The standard InChI is InChI=1S/C28H32N6O2/c1-5-20-11-13-22(14-12-20)34(25(35)19-33-24-10-8-7-9-23(24)31-32-33)26(21-15-17-29-18-16-21)27(36)30-28(3,4)6-2/h7-18,26H,5-6,19H2,1-4H3,(H,30,36)/t26-/m1/s1. The molecule has 8 heteroatoms. The molecule has 36 heavy (non-hydrogen) atoms. The summed E-state index contributed by atoms with van der Waals surface area (Å²) in [5.41, 5.74) is 3.47. The molecule has 1 N–H and O–H groups in total. The summed E-state index contributed by atoms with van der Waals surface area (Å²) in [6, 6.07) is 17.9. The lowest BCUT2D eigenvalue weighted by atomic mass is 9.98. The Morgan fingerprint density at radius 3 is 2.36 bits per heavy atom. The Bertz CT molecular complexity index is 1330. The van der Waals surface area contributed by atoms with Crippen molar-refractivity contribution in [1.82, 2.24) is 25.3 Å². The average Bonchev–Trinajstić information content (AvgIpc) is 3.30. The largest absolute Gasteiger partial charge is 0.349 e. The van der Waals surface area contributed by atoms with Crippen LogP contribution in [0.1, 0.15) is 51.3 Å². The number of amides is 2. The molecule has 8 nitrogen and oxygen atoms in total. The van der Waals surface area contributed by atoms with Gasteiger partial charge in [0.15, 0.2) is 0 Å². The van der Waals surface area contributed by atoms with Gasteiger partial charge >= 0.3 is 0 Å². The molecule has 4 aromatic rings. The van der Waals surface area contributed by atoms with Crippen LogP contribution in [0.25, 0.3) is 11.0 Å². The lowest BCUT2D eigenvalue weighted by Gasteiger charge is -2.34. The number of benzene rings is 2. The molecule has 0 unspecified atom stereocenters. The second-order valence-corrected chi connectivity index (χ2v) is 9.43. The molecule has 0 aliphatic carbocycles. The number of rotatable bonds is 9. The number of aryl methyl sites for hydroxylation is 1. The van der Waals surface area contributed by atoms with Gasteiger partial charge in [-0.15, -0.1) is 5.10 Å². The van der Waals surface area contributed by atoms with Crippen molar-refractivity contribution in [2.24, 2.45) is 0 Å². The Kier molecular flexibility index (Phi) is 7.43. The Morgan fingerprint density at radius 2 is 1.69 bits per heavy atom. The quantitative estimate of drug-likeness (QED) is 0.378. The first-order valence-corrected chi connectivity index (χ1v) is 12.2. The highest BCUT2D eigenvalue weighted by Gasteiger charge is 2.35. The molecule has 0 aliphatic heterocycles. The van der Waals surface area contributed by atoms with Gasteiger partial charge in [-0.25, -0.2) is 4.68 Å². The van der Waals surface area contributed by atoms with E-state index < -0.39 is 11.6 Å². The lowest BCUT2D eigenvalue weighted by Crippen LogP contribution is -2.51. The average molecular weight is 485 g/mol. The van der Waals surface area contributed by atoms with Gasteiger partial charge in [-0.3, -0.25) is 19.5 Å². The van der Waals surface area contributed by atoms with Gasteiger partial charge in [-0.1, -0.05) is 43.3 Å². The Hall–Kier alpha value is -4.07. The third-order valence-corrected chi connectivity index (χ3v) is 6.47. The monoisotopic (exact) mass is 484 g/mol. The van der Waals surface area contributed by atoms with Crippen LogP contribution in [0.4, 0.5) is 5.69 Å². The van der Waals surface area contributed by atoms with Gasteiger partial charge in [0.2, 0.25) is 11.8 Å². The molecule has 2 aromatic carbocycles. The molecule has 0 aliphatic rings. The van der Waals surface area contributed by atoms with E-state index >= 15 is 0 Å². The fourth-order valence-electron chi connectivity index (χ4n) is 4.02. The summed E-state index contributed by atoms with van der Waals surface area (Å²) in [4.78, 5) is 33.5. The van der Waals surface area contributed by atoms with E-state index in [1.165, 1.54) is 0 Å². The molecule has 0 fully saturated rings. The Balaban J connectivity index is 1.80. The maximum atomic E-state index is 14.0. The molecular formula is C28H32N6O2. The van der Waals surface area contributed by atoms with Gasteiger partial charge in [0, 0.05) is 23.6 Å². The molecule has 0 saturated carbocycles. The van der Waals surface area contributed by atoms with E-state index in [4.69, 9.17) is 0 Å². The number of anilines is 1. The van der Waals surface area contributed by atoms with Crippen LogP contribution >= 0.6 is 0 Å². The van der Waals surface area contributed by atoms with E-state index in [0.717, 1.165) is 23.9 Å². The summed E-state index contributed by atoms with van der Waals surface area (Å²) in [5.74, 6) is -0.536. The second kappa shape index (κ2) is 10.7. The minimum Gasteiger partial charge on any atom is -0.349 e. The van der Waals surface area contributed by atoms with Gasteiger partial charge in [0.1, 0.15) is 18.1 Å². The van der Waals surface area contributed by atoms with Gasteiger partial charge in [-0.05, 0) is 74.2 Å². The number of aromatic nitrogens is 4. The minimum absolute atomic E-state index is 0.0674. The van der Waals surface area contributed by atoms with Crippen LogP contribution in [0.2, 0.25) is 0 Å². The van der Waals surface area contributed by atoms with Crippen molar-refractivity contribution >= 4 is 28.5 Å². The van der Waals surface area contributed by atoms with Crippen molar-refractivity contribution in [3.63, 3.8) is 0 Å². The highest BCUT2D eigenvalue weighted by Crippen LogP contribution is 2.30. The van der Waals surface area contributed by atoms with Crippen LogP contribution in [-0.4, -0.2) is 37.3 Å². The third-order valence-electron chi connectivity index (χ3n) is 6.47. The first-order valence-electron chi connectivity index (χ1n) is 12.2. The lowest BCUT2D eigenvalue weighted by molar-refractivity contribution is -0.128. The van der Waals surface area contributed by atoms with Crippen molar-refractivity contribution < 1.29 is 9.59 Å². The number of nitrogens with zero attached hydrogens (tertiary/aromatic N) is 5. The number of hydrogen-bond donors (Lipinski definition) is 1. The molecule has 0 bridgehead atoms. The zero-order valence-electron chi connectivity index (χ0n) is 21.2. The topological polar surface area (TPSA) is 93.0 Å². The molecule has 0 saturated heterocycles. The van der Waals surface area contributed by atoms with Crippen LogP contribution in [0.5, 0.6) is 0 Å². The van der Waals surface area contributed by atoms with E-state index in [9.17, 15) is 9.59 Å². The summed E-state index contributed by atoms with van der Waals surface area (Å²) >= 11 is 0. The second-order valence-electron chi connectivity index (χ2n) is 9.43. The van der Waals surface area contributed by atoms with E-state index in [1.54, 1.807) is 34.1 Å². The summed E-state index contributed by atoms with van der Waals surface area (Å²) in [5, 5.41) is 11.5. The van der Waals surface area contributed by atoms with Crippen LogP contribution in [0.3, 0.4) is 0 Å². The molecule has 2 heterocycles. The molecule has 2 amide bonds. The third kappa shape index (κ3) is 5.43. The highest BCUT2D eigenvalue weighted by atomic mass is 16.2. The number of carbonyl (C=O) groups is 2. The first kappa shape index (κ1) is 25.0. The Labute approximate surface area is 211 Å². The van der Waals surface area contributed by atoms with Crippen LogP contribution in [0, 0.1) is 0 Å². The molecule has 2 aromatic heterocycles. The zero-order valence-corrected chi connectivity index (χ0v) is 21.2. The number of fused-ring (bicyclic) bond motifs is 1. The SMILES string of the molecule is CCc1ccc(N(C(=O)Cn2nnc3ccccc32)[C@@H](C(=O)NC(C)(C)CC)c2ccncc2)cc1. The molecule has 186 valence electrons. The van der Waals surface area contributed by atoms with Crippen molar-refractivity contribution in [1.29, 1.82) is 0 Å². The zero-order chi connectivity index (χ0) is 25.7. The van der Waals surface area contributed by atoms with Crippen LogP contribution in [0.15, 0.2) is 73.1 Å². The smallest absolute Gasteiger partial charge is 0.249 e. The van der Waals surface area contributed by atoms with Gasteiger partial charge < -0.3 is 5.32 Å². The normalized spacial score (nSPS) is 12.3. The molecule has 0 radical (unpaired) electrons. The summed E-state index contributed by atoms with van der Waals surface area (Å²) < 4.78 is 1.57. The summed E-state index contributed by atoms with van der Waals surface area (Å²) in [7, 11) is 0. The maximum absolute atomic E-state index is 14.0. The molecule has 0 spiro atoms. The summed E-state index contributed by atoms with van der Waals surface area (Å²) in [6.45, 7) is 7.97. The van der Waals surface area contributed by atoms with Crippen molar-refractivity contribution in [3.05, 3.63) is 84.2 Å². The minimum atomic E-state index is -0.895.